The first kappa shape index (κ1) is 27.9. The largest absolute Gasteiger partial charge is 0.496 e. The summed E-state index contributed by atoms with van der Waals surface area (Å²) in [6.07, 6.45) is 7.48. The van der Waals surface area contributed by atoms with Gasteiger partial charge in [0.1, 0.15) is 5.75 Å². The van der Waals surface area contributed by atoms with Crippen LogP contribution in [0.5, 0.6) is 5.75 Å². The SMILES string of the molecule is COc1ccc(C2CCC(C(NC(=O)C3CCCCC3)c3cccc(-c4sc(C)nc4C)c3)CC2O)cc1C. The Balaban J connectivity index is 1.41. The third kappa shape index (κ3) is 6.22. The van der Waals surface area contributed by atoms with E-state index in [1.54, 1.807) is 18.4 Å². The van der Waals surface area contributed by atoms with Crippen molar-refractivity contribution in [3.63, 3.8) is 0 Å². The number of aromatic nitrogens is 1. The second kappa shape index (κ2) is 12.2. The number of rotatable bonds is 7. The van der Waals surface area contributed by atoms with Crippen LogP contribution in [0.2, 0.25) is 0 Å². The number of ether oxygens (including phenoxy) is 1. The van der Waals surface area contributed by atoms with Crippen LogP contribution in [0, 0.1) is 32.6 Å². The lowest BCUT2D eigenvalue weighted by Gasteiger charge is -2.38. The lowest BCUT2D eigenvalue weighted by molar-refractivity contribution is -0.127. The normalized spacial score (nSPS) is 22.8. The monoisotopic (exact) mass is 546 g/mol. The second-order valence-electron chi connectivity index (χ2n) is 11.6. The predicted octanol–water partition coefficient (Wildman–Crippen LogP) is 7.43. The Morgan fingerprint density at radius 2 is 1.85 bits per heavy atom. The van der Waals surface area contributed by atoms with Crippen LogP contribution in [-0.4, -0.2) is 29.2 Å². The molecule has 2 N–H and O–H groups in total. The zero-order chi connectivity index (χ0) is 27.5. The van der Waals surface area contributed by atoms with E-state index >= 15 is 0 Å². The molecule has 0 radical (unpaired) electrons. The van der Waals surface area contributed by atoms with Gasteiger partial charge >= 0.3 is 0 Å². The highest BCUT2D eigenvalue weighted by Crippen LogP contribution is 2.43. The first-order chi connectivity index (χ1) is 18.8. The van der Waals surface area contributed by atoms with Crippen molar-refractivity contribution in [1.29, 1.82) is 0 Å². The van der Waals surface area contributed by atoms with Crippen molar-refractivity contribution >= 4 is 17.2 Å². The van der Waals surface area contributed by atoms with Crippen LogP contribution in [0.15, 0.2) is 42.5 Å². The lowest BCUT2D eigenvalue weighted by Crippen LogP contribution is -2.41. The molecule has 0 aliphatic heterocycles. The lowest BCUT2D eigenvalue weighted by atomic mass is 9.72. The number of carbonyl (C=O) groups excluding carboxylic acids is 1. The van der Waals surface area contributed by atoms with Crippen molar-refractivity contribution in [1.82, 2.24) is 10.3 Å². The Bertz CT molecular complexity index is 1300. The summed E-state index contributed by atoms with van der Waals surface area (Å²) in [6.45, 7) is 6.16. The van der Waals surface area contributed by atoms with E-state index in [0.717, 1.165) is 71.7 Å². The number of carbonyl (C=O) groups is 1. The summed E-state index contributed by atoms with van der Waals surface area (Å²) in [6, 6.07) is 14.7. The zero-order valence-electron chi connectivity index (χ0n) is 23.7. The maximum absolute atomic E-state index is 13.5. The Morgan fingerprint density at radius 3 is 2.51 bits per heavy atom. The highest BCUT2D eigenvalue weighted by molar-refractivity contribution is 7.15. The molecule has 208 valence electrons. The van der Waals surface area contributed by atoms with Crippen LogP contribution in [0.4, 0.5) is 0 Å². The van der Waals surface area contributed by atoms with Crippen molar-refractivity contribution in [2.75, 3.05) is 7.11 Å². The van der Waals surface area contributed by atoms with Gasteiger partial charge in [0.25, 0.3) is 0 Å². The van der Waals surface area contributed by atoms with E-state index in [1.165, 1.54) is 16.9 Å². The van der Waals surface area contributed by atoms with Gasteiger partial charge in [-0.15, -0.1) is 11.3 Å². The van der Waals surface area contributed by atoms with Gasteiger partial charge in [-0.05, 0) is 93.2 Å². The summed E-state index contributed by atoms with van der Waals surface area (Å²) >= 11 is 1.71. The first-order valence-corrected chi connectivity index (χ1v) is 15.3. The number of aliphatic hydroxyl groups excluding tert-OH is 1. The molecule has 2 fully saturated rings. The number of methoxy groups -OCH3 is 1. The summed E-state index contributed by atoms with van der Waals surface area (Å²) in [5, 5.41) is 16.0. The maximum atomic E-state index is 13.5. The molecule has 5 rings (SSSR count). The number of hydrogen-bond donors (Lipinski definition) is 2. The molecule has 1 amide bonds. The van der Waals surface area contributed by atoms with Gasteiger partial charge in [0.05, 0.1) is 34.8 Å². The van der Waals surface area contributed by atoms with Crippen LogP contribution < -0.4 is 10.1 Å². The topological polar surface area (TPSA) is 71.5 Å². The summed E-state index contributed by atoms with van der Waals surface area (Å²) in [4.78, 5) is 19.3. The average Bonchev–Trinajstić information content (AvgIpc) is 3.29. The van der Waals surface area contributed by atoms with E-state index in [4.69, 9.17) is 4.74 Å². The molecule has 5 nitrogen and oxygen atoms in total. The van der Waals surface area contributed by atoms with Gasteiger partial charge < -0.3 is 15.2 Å². The molecular formula is C33H42N2O3S. The second-order valence-corrected chi connectivity index (χ2v) is 12.8. The fourth-order valence-corrected chi connectivity index (χ4v) is 7.70. The Morgan fingerprint density at radius 1 is 1.05 bits per heavy atom. The summed E-state index contributed by atoms with van der Waals surface area (Å²) in [7, 11) is 1.69. The van der Waals surface area contributed by atoms with Crippen molar-refractivity contribution in [2.45, 2.75) is 90.2 Å². The summed E-state index contributed by atoms with van der Waals surface area (Å²) in [5.74, 6) is 1.41. The van der Waals surface area contributed by atoms with Crippen LogP contribution in [-0.2, 0) is 4.79 Å². The molecule has 3 aromatic rings. The van der Waals surface area contributed by atoms with Crippen molar-refractivity contribution in [2.24, 2.45) is 11.8 Å². The molecule has 0 saturated heterocycles. The van der Waals surface area contributed by atoms with Gasteiger partial charge in [-0.3, -0.25) is 4.79 Å². The van der Waals surface area contributed by atoms with Crippen molar-refractivity contribution in [3.8, 4) is 16.2 Å². The van der Waals surface area contributed by atoms with E-state index in [0.29, 0.717) is 6.42 Å². The van der Waals surface area contributed by atoms with E-state index in [9.17, 15) is 9.90 Å². The molecule has 2 aliphatic rings. The number of amides is 1. The number of aliphatic hydroxyl groups is 1. The third-order valence-electron chi connectivity index (χ3n) is 8.86. The van der Waals surface area contributed by atoms with E-state index in [-0.39, 0.29) is 29.7 Å². The Hall–Kier alpha value is -2.70. The molecule has 6 heteroatoms. The molecule has 2 aromatic carbocycles. The Labute approximate surface area is 237 Å². The van der Waals surface area contributed by atoms with Gasteiger partial charge in [-0.2, -0.15) is 0 Å². The number of benzene rings is 2. The molecule has 0 bridgehead atoms. The van der Waals surface area contributed by atoms with E-state index < -0.39 is 6.10 Å². The van der Waals surface area contributed by atoms with Crippen LogP contribution >= 0.6 is 11.3 Å². The summed E-state index contributed by atoms with van der Waals surface area (Å²) < 4.78 is 5.44. The smallest absolute Gasteiger partial charge is 0.223 e. The van der Waals surface area contributed by atoms with Gasteiger partial charge in [0.15, 0.2) is 0 Å². The standard InChI is InChI=1S/C33H42N2O3S/c1-20-17-24(14-16-30(20)38-4)28-15-13-26(19-29(28)36)31(35-33(37)23-9-6-5-7-10-23)25-11-8-12-27(18-25)32-21(2)34-22(3)39-32/h8,11-12,14,16-18,23,26,28-29,31,36H,5-7,9-10,13,15,19H2,1-4H3,(H,35,37). The molecule has 1 aromatic heterocycles. The average molecular weight is 547 g/mol. The molecule has 2 saturated carbocycles. The molecule has 2 aliphatic carbocycles. The van der Waals surface area contributed by atoms with Crippen molar-refractivity contribution < 1.29 is 14.6 Å². The predicted molar refractivity (Wildman–Crippen MR) is 158 cm³/mol. The van der Waals surface area contributed by atoms with Crippen LogP contribution in [0.1, 0.15) is 90.7 Å². The minimum Gasteiger partial charge on any atom is -0.496 e. The van der Waals surface area contributed by atoms with Gasteiger partial charge in [0, 0.05) is 11.8 Å². The van der Waals surface area contributed by atoms with Gasteiger partial charge in [0.2, 0.25) is 5.91 Å². The molecule has 4 atom stereocenters. The fourth-order valence-electron chi connectivity index (χ4n) is 6.78. The number of nitrogens with one attached hydrogen (secondary N) is 1. The highest BCUT2D eigenvalue weighted by atomic mass is 32.1. The highest BCUT2D eigenvalue weighted by Gasteiger charge is 2.36. The summed E-state index contributed by atoms with van der Waals surface area (Å²) in [5.41, 5.74) is 5.57. The van der Waals surface area contributed by atoms with Gasteiger partial charge in [-0.1, -0.05) is 49.6 Å². The minimum atomic E-state index is -0.458. The number of hydrogen-bond acceptors (Lipinski definition) is 5. The fraction of sp³-hybridized carbons (Fsp3) is 0.515. The van der Waals surface area contributed by atoms with E-state index in [2.05, 4.69) is 60.5 Å². The van der Waals surface area contributed by atoms with Gasteiger partial charge in [-0.25, -0.2) is 4.98 Å². The molecule has 4 unspecified atom stereocenters. The molecule has 0 spiro atoms. The third-order valence-corrected chi connectivity index (χ3v) is 9.98. The molecule has 1 heterocycles. The Kier molecular flexibility index (Phi) is 8.73. The quantitative estimate of drug-likeness (QED) is 0.323. The first-order valence-electron chi connectivity index (χ1n) is 14.5. The minimum absolute atomic E-state index is 0.0923. The van der Waals surface area contributed by atoms with E-state index in [1.807, 2.05) is 13.0 Å². The van der Waals surface area contributed by atoms with Crippen LogP contribution in [0.25, 0.3) is 10.4 Å². The molecule has 39 heavy (non-hydrogen) atoms. The van der Waals surface area contributed by atoms with Crippen molar-refractivity contribution in [3.05, 3.63) is 69.9 Å². The maximum Gasteiger partial charge on any atom is 0.223 e. The number of thiazole rings is 1. The molecular weight excluding hydrogens is 504 g/mol. The van der Waals surface area contributed by atoms with Crippen LogP contribution in [0.3, 0.4) is 0 Å². The number of aryl methyl sites for hydroxylation is 3. The zero-order valence-corrected chi connectivity index (χ0v) is 24.5. The number of nitrogens with zero attached hydrogens (tertiary/aromatic N) is 1.